The van der Waals surface area contributed by atoms with E-state index in [1.165, 1.54) is 4.31 Å². The zero-order chi connectivity index (χ0) is 21.3. The Morgan fingerprint density at radius 3 is 2.23 bits per heavy atom. The summed E-state index contributed by atoms with van der Waals surface area (Å²) in [5, 5.41) is 0. The number of ether oxygens (including phenoxy) is 3. The molecule has 0 spiro atoms. The number of nitrogens with zero attached hydrogens (tertiary/aromatic N) is 2. The van der Waals surface area contributed by atoms with Crippen molar-refractivity contribution < 1.29 is 22.6 Å². The van der Waals surface area contributed by atoms with Gasteiger partial charge in [0, 0.05) is 30.5 Å². The first-order chi connectivity index (χ1) is 14.5. The van der Waals surface area contributed by atoms with Crippen LogP contribution < -0.4 is 14.2 Å². The summed E-state index contributed by atoms with van der Waals surface area (Å²) in [5.74, 6) is 1.84. The third-order valence-corrected chi connectivity index (χ3v) is 7.27. The Balaban J connectivity index is 1.87. The van der Waals surface area contributed by atoms with Gasteiger partial charge in [0.05, 0.1) is 32.3 Å². The van der Waals surface area contributed by atoms with Crippen molar-refractivity contribution in [2.75, 3.05) is 27.9 Å². The molecule has 3 aromatic rings. The van der Waals surface area contributed by atoms with Gasteiger partial charge in [-0.25, -0.2) is 8.42 Å². The number of hydrogen-bond donors (Lipinski definition) is 0. The molecular formula is C22H24N2O5S. The highest BCUT2D eigenvalue weighted by atomic mass is 32.2. The van der Waals surface area contributed by atoms with Crippen molar-refractivity contribution in [2.24, 2.45) is 0 Å². The minimum atomic E-state index is -3.78. The quantitative estimate of drug-likeness (QED) is 0.603. The van der Waals surface area contributed by atoms with Crippen molar-refractivity contribution in [2.45, 2.75) is 17.5 Å². The molecule has 0 fully saturated rings. The van der Waals surface area contributed by atoms with E-state index < -0.39 is 16.1 Å². The van der Waals surface area contributed by atoms with Crippen LogP contribution in [0.4, 0.5) is 0 Å². The maximum Gasteiger partial charge on any atom is 0.244 e. The summed E-state index contributed by atoms with van der Waals surface area (Å²) < 4.78 is 47.1. The summed E-state index contributed by atoms with van der Waals surface area (Å²) in [6, 6.07) is 15.2. The molecule has 0 saturated carbocycles. The first-order valence-electron chi connectivity index (χ1n) is 9.52. The van der Waals surface area contributed by atoms with E-state index in [1.54, 1.807) is 57.7 Å². The maximum atomic E-state index is 13.7. The third-order valence-electron chi connectivity index (χ3n) is 5.39. The molecule has 0 amide bonds. The van der Waals surface area contributed by atoms with Crippen LogP contribution in [0.25, 0.3) is 0 Å². The van der Waals surface area contributed by atoms with E-state index in [0.717, 1.165) is 11.3 Å². The molecule has 0 saturated heterocycles. The van der Waals surface area contributed by atoms with Crippen LogP contribution in [-0.4, -0.2) is 45.2 Å². The van der Waals surface area contributed by atoms with E-state index in [-0.39, 0.29) is 4.90 Å². The molecule has 30 heavy (non-hydrogen) atoms. The number of rotatable bonds is 6. The first-order valence-corrected chi connectivity index (χ1v) is 11.0. The van der Waals surface area contributed by atoms with Crippen molar-refractivity contribution >= 4 is 10.0 Å². The van der Waals surface area contributed by atoms with Crippen LogP contribution >= 0.6 is 0 Å². The van der Waals surface area contributed by atoms with Crippen molar-refractivity contribution in [1.82, 2.24) is 8.87 Å². The third kappa shape index (κ3) is 3.42. The molecule has 8 heteroatoms. The molecule has 0 aliphatic carbocycles. The predicted octanol–water partition coefficient (Wildman–Crippen LogP) is 3.31. The molecule has 1 aromatic heterocycles. The summed E-state index contributed by atoms with van der Waals surface area (Å²) in [5.41, 5.74) is 1.61. The van der Waals surface area contributed by atoms with Gasteiger partial charge in [0.15, 0.2) is 0 Å². The van der Waals surface area contributed by atoms with Crippen LogP contribution in [-0.2, 0) is 16.6 Å². The molecule has 0 N–H and O–H groups in total. The van der Waals surface area contributed by atoms with Gasteiger partial charge in [-0.15, -0.1) is 0 Å². The van der Waals surface area contributed by atoms with E-state index in [1.807, 2.05) is 24.4 Å². The Morgan fingerprint density at radius 2 is 1.57 bits per heavy atom. The lowest BCUT2D eigenvalue weighted by atomic mass is 10.0. The SMILES string of the molecule is COc1ccc(S(=O)(=O)N2CCn3cccc3C2c2cc(OC)ccc2OC)cc1. The van der Waals surface area contributed by atoms with Crippen LogP contribution in [0.15, 0.2) is 65.7 Å². The lowest BCUT2D eigenvalue weighted by molar-refractivity contribution is 0.289. The number of benzene rings is 2. The normalized spacial score (nSPS) is 16.7. The zero-order valence-corrected chi connectivity index (χ0v) is 17.9. The molecule has 0 radical (unpaired) electrons. The molecule has 0 bridgehead atoms. The summed E-state index contributed by atoms with van der Waals surface area (Å²) in [7, 11) is 0.931. The summed E-state index contributed by atoms with van der Waals surface area (Å²) >= 11 is 0. The Labute approximate surface area is 176 Å². The van der Waals surface area contributed by atoms with E-state index in [4.69, 9.17) is 14.2 Å². The van der Waals surface area contributed by atoms with Crippen molar-refractivity contribution in [3.05, 3.63) is 72.1 Å². The summed E-state index contributed by atoms with van der Waals surface area (Å²) in [4.78, 5) is 0.218. The molecule has 1 aliphatic heterocycles. The van der Waals surface area contributed by atoms with E-state index >= 15 is 0 Å². The fourth-order valence-corrected chi connectivity index (χ4v) is 5.44. The molecule has 4 rings (SSSR count). The van der Waals surface area contributed by atoms with Gasteiger partial charge in [0.1, 0.15) is 17.2 Å². The van der Waals surface area contributed by atoms with Crippen LogP contribution in [0.5, 0.6) is 17.2 Å². The van der Waals surface area contributed by atoms with Gasteiger partial charge in [-0.3, -0.25) is 0 Å². The van der Waals surface area contributed by atoms with E-state index in [0.29, 0.717) is 30.3 Å². The number of aromatic nitrogens is 1. The second kappa shape index (κ2) is 8.04. The van der Waals surface area contributed by atoms with E-state index in [9.17, 15) is 8.42 Å². The highest BCUT2D eigenvalue weighted by molar-refractivity contribution is 7.89. The molecule has 158 valence electrons. The average molecular weight is 429 g/mol. The van der Waals surface area contributed by atoms with Gasteiger partial charge >= 0.3 is 0 Å². The van der Waals surface area contributed by atoms with Crippen molar-refractivity contribution in [1.29, 1.82) is 0 Å². The van der Waals surface area contributed by atoms with Gasteiger partial charge in [0.2, 0.25) is 10.0 Å². The van der Waals surface area contributed by atoms with Gasteiger partial charge in [-0.2, -0.15) is 4.31 Å². The van der Waals surface area contributed by atoms with Crippen molar-refractivity contribution in [3.63, 3.8) is 0 Å². The number of methoxy groups -OCH3 is 3. The number of fused-ring (bicyclic) bond motifs is 1. The monoisotopic (exact) mass is 428 g/mol. The van der Waals surface area contributed by atoms with Gasteiger partial charge in [-0.1, -0.05) is 0 Å². The molecular weight excluding hydrogens is 404 g/mol. The molecule has 1 atom stereocenters. The van der Waals surface area contributed by atoms with E-state index in [2.05, 4.69) is 4.57 Å². The Bertz CT molecular complexity index is 1140. The van der Waals surface area contributed by atoms with Crippen LogP contribution in [0.1, 0.15) is 17.3 Å². The first kappa shape index (κ1) is 20.3. The number of sulfonamides is 1. The Morgan fingerprint density at radius 1 is 0.867 bits per heavy atom. The highest BCUT2D eigenvalue weighted by Gasteiger charge is 2.39. The van der Waals surface area contributed by atoms with Crippen LogP contribution in [0, 0.1) is 0 Å². The Kier molecular flexibility index (Phi) is 5.44. The molecule has 2 aromatic carbocycles. The second-order valence-corrected chi connectivity index (χ2v) is 8.82. The van der Waals surface area contributed by atoms with Gasteiger partial charge in [0.25, 0.3) is 0 Å². The summed E-state index contributed by atoms with van der Waals surface area (Å²) in [6.45, 7) is 0.904. The molecule has 1 unspecified atom stereocenters. The zero-order valence-electron chi connectivity index (χ0n) is 17.1. The molecule has 2 heterocycles. The van der Waals surface area contributed by atoms with Gasteiger partial charge in [-0.05, 0) is 54.6 Å². The largest absolute Gasteiger partial charge is 0.497 e. The molecule has 1 aliphatic rings. The topological polar surface area (TPSA) is 70.0 Å². The van der Waals surface area contributed by atoms with Crippen LogP contribution in [0.2, 0.25) is 0 Å². The standard InChI is InChI=1S/C22H24N2O5S/c1-27-16-6-9-18(10-7-16)30(25,26)24-14-13-23-12-4-5-20(23)22(24)19-15-17(28-2)8-11-21(19)29-3/h4-12,15,22H,13-14H2,1-3H3. The molecule has 7 nitrogen and oxygen atoms in total. The average Bonchev–Trinajstić information content (AvgIpc) is 3.27. The minimum Gasteiger partial charge on any atom is -0.497 e. The predicted molar refractivity (Wildman–Crippen MR) is 113 cm³/mol. The van der Waals surface area contributed by atoms with Crippen LogP contribution in [0.3, 0.4) is 0 Å². The minimum absolute atomic E-state index is 0.218. The number of hydrogen-bond acceptors (Lipinski definition) is 5. The Hall–Kier alpha value is -2.97. The maximum absolute atomic E-state index is 13.7. The lowest BCUT2D eigenvalue weighted by Gasteiger charge is -2.37. The fraction of sp³-hybridized carbons (Fsp3) is 0.273. The second-order valence-electron chi connectivity index (χ2n) is 6.93. The highest BCUT2D eigenvalue weighted by Crippen LogP contribution is 2.41. The van der Waals surface area contributed by atoms with Crippen molar-refractivity contribution in [3.8, 4) is 17.2 Å². The lowest BCUT2D eigenvalue weighted by Crippen LogP contribution is -2.42. The smallest absolute Gasteiger partial charge is 0.244 e. The van der Waals surface area contributed by atoms with Gasteiger partial charge < -0.3 is 18.8 Å². The fourth-order valence-electron chi connectivity index (χ4n) is 3.87. The summed E-state index contributed by atoms with van der Waals surface area (Å²) in [6.07, 6.45) is 1.96.